The van der Waals surface area contributed by atoms with Crippen LogP contribution in [0, 0.1) is 6.92 Å². The van der Waals surface area contributed by atoms with Gasteiger partial charge >= 0.3 is 0 Å². The predicted molar refractivity (Wildman–Crippen MR) is 119 cm³/mol. The van der Waals surface area contributed by atoms with Crippen molar-refractivity contribution in [3.05, 3.63) is 74.4 Å². The molecule has 0 aliphatic carbocycles. The van der Waals surface area contributed by atoms with E-state index < -0.39 is 15.9 Å². The first-order chi connectivity index (χ1) is 14.2. The van der Waals surface area contributed by atoms with Crippen molar-refractivity contribution >= 4 is 48.9 Å². The van der Waals surface area contributed by atoms with Gasteiger partial charge in [0.1, 0.15) is 12.4 Å². The minimum atomic E-state index is -3.96. The summed E-state index contributed by atoms with van der Waals surface area (Å²) in [7, 11) is -2.60. The number of anilines is 1. The highest BCUT2D eigenvalue weighted by Crippen LogP contribution is 2.32. The Labute approximate surface area is 187 Å². The zero-order valence-electron chi connectivity index (χ0n) is 16.1. The molecule has 10 heteroatoms. The van der Waals surface area contributed by atoms with E-state index in [0.717, 1.165) is 9.87 Å². The third-order valence-electron chi connectivity index (χ3n) is 4.39. The molecular weight excluding hydrogens is 492 g/mol. The van der Waals surface area contributed by atoms with E-state index in [4.69, 9.17) is 9.94 Å². The monoisotopic (exact) mass is 510 g/mol. The number of hydrogen-bond donors (Lipinski definition) is 2. The summed E-state index contributed by atoms with van der Waals surface area (Å²) >= 11 is 4.86. The molecule has 158 valence electrons. The third kappa shape index (κ3) is 4.67. The summed E-state index contributed by atoms with van der Waals surface area (Å²) in [5.41, 5.74) is 3.33. The van der Waals surface area contributed by atoms with Gasteiger partial charge in [-0.2, -0.15) is 11.3 Å². The number of nitrogens with one attached hydrogen (secondary N) is 1. The fourth-order valence-electron chi connectivity index (χ4n) is 2.91. The maximum atomic E-state index is 13.2. The van der Waals surface area contributed by atoms with Crippen LogP contribution in [0.3, 0.4) is 0 Å². The van der Waals surface area contributed by atoms with E-state index in [0.29, 0.717) is 22.4 Å². The lowest BCUT2D eigenvalue weighted by atomic mass is 10.1. The second-order valence-electron chi connectivity index (χ2n) is 6.42. The van der Waals surface area contributed by atoms with Crippen LogP contribution in [0.2, 0.25) is 0 Å². The van der Waals surface area contributed by atoms with Crippen LogP contribution in [0.1, 0.15) is 21.5 Å². The SMILES string of the molecule is Cc1cc(Br)cc(C(=O)NO)c1N(C)S(=O)(=O)c1ccc(OCc2ccsc2)cc1. The molecule has 0 aliphatic heterocycles. The van der Waals surface area contributed by atoms with E-state index in [2.05, 4.69) is 15.9 Å². The Hall–Kier alpha value is -2.40. The van der Waals surface area contributed by atoms with Gasteiger partial charge in [0.2, 0.25) is 0 Å². The molecule has 30 heavy (non-hydrogen) atoms. The quantitative estimate of drug-likeness (QED) is 0.364. The predicted octanol–water partition coefficient (Wildman–Crippen LogP) is 4.34. The molecule has 0 unspecified atom stereocenters. The van der Waals surface area contributed by atoms with Crippen LogP contribution in [0.4, 0.5) is 5.69 Å². The first-order valence-corrected chi connectivity index (χ1v) is 11.9. The zero-order chi connectivity index (χ0) is 21.9. The summed E-state index contributed by atoms with van der Waals surface area (Å²) in [5.74, 6) is -0.267. The minimum absolute atomic E-state index is 0.0196. The third-order valence-corrected chi connectivity index (χ3v) is 7.36. The van der Waals surface area contributed by atoms with Crippen LogP contribution in [-0.2, 0) is 16.6 Å². The lowest BCUT2D eigenvalue weighted by Crippen LogP contribution is -2.30. The van der Waals surface area contributed by atoms with Crippen LogP contribution in [0.5, 0.6) is 5.75 Å². The Kier molecular flexibility index (Phi) is 6.81. The fourth-order valence-corrected chi connectivity index (χ4v) is 5.42. The highest BCUT2D eigenvalue weighted by Gasteiger charge is 2.27. The highest BCUT2D eigenvalue weighted by atomic mass is 79.9. The summed E-state index contributed by atoms with van der Waals surface area (Å²) in [4.78, 5) is 12.1. The lowest BCUT2D eigenvalue weighted by Gasteiger charge is -2.24. The van der Waals surface area contributed by atoms with E-state index in [1.165, 1.54) is 25.2 Å². The van der Waals surface area contributed by atoms with E-state index in [-0.39, 0.29) is 16.1 Å². The Morgan fingerprint density at radius 2 is 1.93 bits per heavy atom. The number of carbonyl (C=O) groups is 1. The maximum absolute atomic E-state index is 13.2. The molecule has 0 aliphatic rings. The number of hydroxylamine groups is 1. The van der Waals surface area contributed by atoms with Crippen LogP contribution in [-0.4, -0.2) is 26.6 Å². The van der Waals surface area contributed by atoms with Crippen LogP contribution < -0.4 is 14.5 Å². The number of rotatable bonds is 7. The van der Waals surface area contributed by atoms with Crippen LogP contribution in [0.15, 0.2) is 62.6 Å². The van der Waals surface area contributed by atoms with E-state index >= 15 is 0 Å². The van der Waals surface area contributed by atoms with Gasteiger partial charge in [-0.1, -0.05) is 15.9 Å². The normalized spacial score (nSPS) is 11.2. The number of ether oxygens (including phenoxy) is 1. The molecule has 0 saturated carbocycles. The van der Waals surface area contributed by atoms with Crippen molar-refractivity contribution in [3.8, 4) is 5.75 Å². The number of benzene rings is 2. The number of hydrogen-bond acceptors (Lipinski definition) is 6. The number of carbonyl (C=O) groups excluding carboxylic acids is 1. The molecule has 0 spiro atoms. The van der Waals surface area contributed by atoms with Gasteiger partial charge in [-0.15, -0.1) is 0 Å². The van der Waals surface area contributed by atoms with E-state index in [1.807, 2.05) is 16.8 Å². The summed E-state index contributed by atoms with van der Waals surface area (Å²) in [6.07, 6.45) is 0. The summed E-state index contributed by atoms with van der Waals surface area (Å²) < 4.78 is 33.6. The molecular formula is C20H19BrN2O5S2. The molecule has 1 amide bonds. The summed E-state index contributed by atoms with van der Waals surface area (Å²) in [6.45, 7) is 2.08. The largest absolute Gasteiger partial charge is 0.489 e. The van der Waals surface area contributed by atoms with Crippen molar-refractivity contribution in [2.24, 2.45) is 0 Å². The van der Waals surface area contributed by atoms with Gasteiger partial charge in [-0.3, -0.25) is 14.3 Å². The van der Waals surface area contributed by atoms with Gasteiger partial charge in [-0.05, 0) is 71.3 Å². The highest BCUT2D eigenvalue weighted by molar-refractivity contribution is 9.10. The minimum Gasteiger partial charge on any atom is -0.489 e. The fraction of sp³-hybridized carbons (Fsp3) is 0.150. The molecule has 2 N–H and O–H groups in total. The zero-order valence-corrected chi connectivity index (χ0v) is 19.3. The Balaban J connectivity index is 1.89. The molecule has 3 rings (SSSR count). The van der Waals surface area contributed by atoms with Crippen molar-refractivity contribution in [3.63, 3.8) is 0 Å². The summed E-state index contributed by atoms with van der Waals surface area (Å²) in [5, 5.41) is 13.0. The average Bonchev–Trinajstić information content (AvgIpc) is 3.24. The molecule has 2 aromatic carbocycles. The molecule has 0 bridgehead atoms. The number of amides is 1. The Morgan fingerprint density at radius 3 is 2.53 bits per heavy atom. The van der Waals surface area contributed by atoms with Crippen molar-refractivity contribution in [2.45, 2.75) is 18.4 Å². The maximum Gasteiger partial charge on any atom is 0.276 e. The molecule has 7 nitrogen and oxygen atoms in total. The summed E-state index contributed by atoms with van der Waals surface area (Å²) in [6, 6.07) is 11.2. The Morgan fingerprint density at radius 1 is 1.23 bits per heavy atom. The van der Waals surface area contributed by atoms with Gasteiger partial charge in [0.25, 0.3) is 15.9 Å². The van der Waals surface area contributed by atoms with Gasteiger partial charge in [0.15, 0.2) is 0 Å². The molecule has 0 saturated heterocycles. The van der Waals surface area contributed by atoms with Crippen molar-refractivity contribution in [1.82, 2.24) is 5.48 Å². The Bertz CT molecular complexity index is 1150. The topological polar surface area (TPSA) is 95.9 Å². The van der Waals surface area contributed by atoms with Crippen molar-refractivity contribution in [2.75, 3.05) is 11.4 Å². The van der Waals surface area contributed by atoms with Gasteiger partial charge in [-0.25, -0.2) is 13.9 Å². The second-order valence-corrected chi connectivity index (χ2v) is 10.1. The first kappa shape index (κ1) is 22.3. The van der Waals surface area contributed by atoms with Crippen LogP contribution >= 0.6 is 27.3 Å². The van der Waals surface area contributed by atoms with Crippen molar-refractivity contribution in [1.29, 1.82) is 0 Å². The smallest absolute Gasteiger partial charge is 0.276 e. The van der Waals surface area contributed by atoms with Crippen LogP contribution in [0.25, 0.3) is 0 Å². The number of sulfonamides is 1. The standard InChI is InChI=1S/C20H19BrN2O5S2/c1-13-9-15(21)10-18(20(24)22-25)19(13)23(2)30(26,27)17-5-3-16(4-6-17)28-11-14-7-8-29-12-14/h3-10,12,25H,11H2,1-2H3,(H,22,24). The van der Waals surface area contributed by atoms with Gasteiger partial charge < -0.3 is 4.74 Å². The molecule has 0 atom stereocenters. The lowest BCUT2D eigenvalue weighted by molar-refractivity contribution is 0.0707. The second kappa shape index (κ2) is 9.17. The molecule has 1 heterocycles. The number of nitrogens with zero attached hydrogens (tertiary/aromatic N) is 1. The number of halogens is 1. The average molecular weight is 511 g/mol. The number of thiophene rings is 1. The first-order valence-electron chi connectivity index (χ1n) is 8.71. The number of aryl methyl sites for hydroxylation is 1. The van der Waals surface area contributed by atoms with Crippen molar-refractivity contribution < 1.29 is 23.2 Å². The molecule has 1 aromatic heterocycles. The molecule has 0 fully saturated rings. The van der Waals surface area contributed by atoms with E-state index in [9.17, 15) is 13.2 Å². The van der Waals surface area contributed by atoms with Gasteiger partial charge in [0.05, 0.1) is 16.1 Å². The van der Waals surface area contributed by atoms with E-state index in [1.54, 1.807) is 41.9 Å². The van der Waals surface area contributed by atoms with Gasteiger partial charge in [0, 0.05) is 11.5 Å². The molecule has 0 radical (unpaired) electrons. The molecule has 3 aromatic rings.